The van der Waals surface area contributed by atoms with Crippen molar-refractivity contribution in [2.75, 3.05) is 6.54 Å². The number of hydrogen-bond donors (Lipinski definition) is 1. The van der Waals surface area contributed by atoms with Gasteiger partial charge in [-0.25, -0.2) is 0 Å². The maximum absolute atomic E-state index is 6.09. The van der Waals surface area contributed by atoms with Crippen LogP contribution in [-0.4, -0.2) is 6.54 Å². The van der Waals surface area contributed by atoms with Crippen molar-refractivity contribution in [1.29, 1.82) is 0 Å². The second-order valence-electron chi connectivity index (χ2n) is 5.06. The molecule has 0 spiro atoms. The molecule has 3 nitrogen and oxygen atoms in total. The van der Waals surface area contributed by atoms with Crippen LogP contribution in [0.1, 0.15) is 35.6 Å². The summed E-state index contributed by atoms with van der Waals surface area (Å²) in [6.07, 6.45) is 1.73. The minimum Gasteiger partial charge on any atom is -0.469 e. The standard InChI is InChI=1S/C17H19NO2/c1-4-18-16(14-8-9-19-12(14)3)15-10-13-7-5-6-11(2)17(13)20-15/h5-10,16,18H,4H2,1-3H3. The van der Waals surface area contributed by atoms with E-state index in [1.807, 2.05) is 13.0 Å². The van der Waals surface area contributed by atoms with E-state index in [9.17, 15) is 0 Å². The number of furan rings is 2. The first-order valence-electron chi connectivity index (χ1n) is 6.97. The zero-order valence-corrected chi connectivity index (χ0v) is 12.1. The van der Waals surface area contributed by atoms with Gasteiger partial charge >= 0.3 is 0 Å². The first-order valence-corrected chi connectivity index (χ1v) is 6.97. The third-order valence-electron chi connectivity index (χ3n) is 3.66. The lowest BCUT2D eigenvalue weighted by molar-refractivity contribution is 0.464. The topological polar surface area (TPSA) is 38.3 Å². The molecule has 3 aromatic rings. The zero-order chi connectivity index (χ0) is 14.1. The number of rotatable bonds is 4. The number of para-hydroxylation sites is 1. The Kier molecular flexibility index (Phi) is 3.36. The van der Waals surface area contributed by atoms with Gasteiger partial charge in [0.1, 0.15) is 17.1 Å². The van der Waals surface area contributed by atoms with Gasteiger partial charge in [-0.15, -0.1) is 0 Å². The normalized spacial score (nSPS) is 12.9. The Hall–Kier alpha value is -2.00. The van der Waals surface area contributed by atoms with Crippen LogP contribution >= 0.6 is 0 Å². The van der Waals surface area contributed by atoms with E-state index in [2.05, 4.69) is 43.4 Å². The average molecular weight is 269 g/mol. The van der Waals surface area contributed by atoms with Crippen molar-refractivity contribution in [2.24, 2.45) is 0 Å². The molecule has 20 heavy (non-hydrogen) atoms. The molecule has 0 fully saturated rings. The van der Waals surface area contributed by atoms with Crippen LogP contribution in [0.3, 0.4) is 0 Å². The lowest BCUT2D eigenvalue weighted by Crippen LogP contribution is -2.21. The maximum atomic E-state index is 6.09. The maximum Gasteiger partial charge on any atom is 0.137 e. The largest absolute Gasteiger partial charge is 0.469 e. The van der Waals surface area contributed by atoms with E-state index in [-0.39, 0.29) is 6.04 Å². The Labute approximate surface area is 118 Å². The molecule has 3 rings (SSSR count). The van der Waals surface area contributed by atoms with Crippen LogP contribution in [0.2, 0.25) is 0 Å². The number of fused-ring (bicyclic) bond motifs is 1. The highest BCUT2D eigenvalue weighted by molar-refractivity contribution is 5.81. The minimum absolute atomic E-state index is 0.0329. The molecule has 2 heterocycles. The smallest absolute Gasteiger partial charge is 0.137 e. The van der Waals surface area contributed by atoms with Crippen molar-refractivity contribution in [3.05, 3.63) is 59.2 Å². The highest BCUT2D eigenvalue weighted by atomic mass is 16.3. The van der Waals surface area contributed by atoms with E-state index < -0.39 is 0 Å². The molecule has 1 N–H and O–H groups in total. The van der Waals surface area contributed by atoms with Crippen molar-refractivity contribution < 1.29 is 8.83 Å². The van der Waals surface area contributed by atoms with Crippen LogP contribution in [0.4, 0.5) is 0 Å². The van der Waals surface area contributed by atoms with Crippen molar-refractivity contribution >= 4 is 11.0 Å². The molecule has 0 aliphatic carbocycles. The van der Waals surface area contributed by atoms with Crippen molar-refractivity contribution in [3.63, 3.8) is 0 Å². The predicted molar refractivity (Wildman–Crippen MR) is 79.9 cm³/mol. The van der Waals surface area contributed by atoms with Gasteiger partial charge in [0, 0.05) is 10.9 Å². The molecule has 0 saturated heterocycles. The highest BCUT2D eigenvalue weighted by Gasteiger charge is 2.21. The van der Waals surface area contributed by atoms with E-state index in [0.29, 0.717) is 0 Å². The van der Waals surface area contributed by atoms with Crippen LogP contribution in [-0.2, 0) is 0 Å². The van der Waals surface area contributed by atoms with Gasteiger partial charge in [0.15, 0.2) is 0 Å². The SMILES string of the molecule is CCNC(c1cc2cccc(C)c2o1)c1ccoc1C. The van der Waals surface area contributed by atoms with E-state index in [1.165, 1.54) is 0 Å². The van der Waals surface area contributed by atoms with Gasteiger partial charge in [0.25, 0.3) is 0 Å². The van der Waals surface area contributed by atoms with Crippen LogP contribution < -0.4 is 5.32 Å². The summed E-state index contributed by atoms with van der Waals surface area (Å²) in [6.45, 7) is 7.01. The van der Waals surface area contributed by atoms with Gasteiger partial charge < -0.3 is 14.2 Å². The fourth-order valence-electron chi connectivity index (χ4n) is 2.63. The molecule has 0 radical (unpaired) electrons. The fraction of sp³-hybridized carbons (Fsp3) is 0.294. The lowest BCUT2D eigenvalue weighted by Gasteiger charge is -2.14. The summed E-state index contributed by atoms with van der Waals surface area (Å²) in [6, 6.07) is 10.4. The second-order valence-corrected chi connectivity index (χ2v) is 5.06. The summed E-state index contributed by atoms with van der Waals surface area (Å²) in [5, 5.41) is 4.61. The van der Waals surface area contributed by atoms with Crippen LogP contribution in [0.15, 0.2) is 45.4 Å². The molecule has 1 atom stereocenters. The molecular weight excluding hydrogens is 250 g/mol. The van der Waals surface area contributed by atoms with E-state index in [4.69, 9.17) is 8.83 Å². The van der Waals surface area contributed by atoms with Gasteiger partial charge in [-0.2, -0.15) is 0 Å². The predicted octanol–water partition coefficient (Wildman–Crippen LogP) is 4.34. The molecule has 0 bridgehead atoms. The summed E-state index contributed by atoms with van der Waals surface area (Å²) in [4.78, 5) is 0. The van der Waals surface area contributed by atoms with Crippen molar-refractivity contribution in [2.45, 2.75) is 26.8 Å². The monoisotopic (exact) mass is 269 g/mol. The number of hydrogen-bond acceptors (Lipinski definition) is 3. The van der Waals surface area contributed by atoms with Crippen LogP contribution in [0.5, 0.6) is 0 Å². The highest BCUT2D eigenvalue weighted by Crippen LogP contribution is 2.31. The van der Waals surface area contributed by atoms with E-state index >= 15 is 0 Å². The molecule has 1 unspecified atom stereocenters. The molecule has 0 aliphatic rings. The van der Waals surface area contributed by atoms with Crippen molar-refractivity contribution in [3.8, 4) is 0 Å². The Balaban J connectivity index is 2.10. The third kappa shape index (κ3) is 2.14. The summed E-state index contributed by atoms with van der Waals surface area (Å²) < 4.78 is 11.5. The Morgan fingerprint density at radius 3 is 2.70 bits per heavy atom. The zero-order valence-electron chi connectivity index (χ0n) is 12.1. The average Bonchev–Trinajstić information content (AvgIpc) is 3.03. The minimum atomic E-state index is 0.0329. The fourth-order valence-corrected chi connectivity index (χ4v) is 2.63. The van der Waals surface area contributed by atoms with Gasteiger partial charge in [-0.1, -0.05) is 25.1 Å². The number of benzene rings is 1. The number of nitrogens with one attached hydrogen (secondary N) is 1. The molecular formula is C17H19NO2. The first kappa shape index (κ1) is 13.0. The molecule has 3 heteroatoms. The van der Waals surface area contributed by atoms with Gasteiger partial charge in [0.2, 0.25) is 0 Å². The third-order valence-corrected chi connectivity index (χ3v) is 3.66. The van der Waals surface area contributed by atoms with E-state index in [1.54, 1.807) is 6.26 Å². The van der Waals surface area contributed by atoms with Gasteiger partial charge in [-0.05, 0) is 38.1 Å². The van der Waals surface area contributed by atoms with Gasteiger partial charge in [0.05, 0.1) is 12.3 Å². The molecule has 1 aromatic carbocycles. The molecule has 0 aliphatic heterocycles. The summed E-state index contributed by atoms with van der Waals surface area (Å²) >= 11 is 0. The second kappa shape index (κ2) is 5.17. The first-order chi connectivity index (χ1) is 9.70. The van der Waals surface area contributed by atoms with Gasteiger partial charge in [-0.3, -0.25) is 0 Å². The quantitative estimate of drug-likeness (QED) is 0.765. The lowest BCUT2D eigenvalue weighted by atomic mass is 10.0. The van der Waals surface area contributed by atoms with E-state index in [0.717, 1.165) is 40.2 Å². The summed E-state index contributed by atoms with van der Waals surface area (Å²) in [7, 11) is 0. The Morgan fingerprint density at radius 1 is 1.20 bits per heavy atom. The Bertz CT molecular complexity index is 724. The summed E-state index contributed by atoms with van der Waals surface area (Å²) in [5.41, 5.74) is 3.25. The summed E-state index contributed by atoms with van der Waals surface area (Å²) in [5.74, 6) is 1.86. The Morgan fingerprint density at radius 2 is 2.05 bits per heavy atom. The van der Waals surface area contributed by atoms with Crippen molar-refractivity contribution in [1.82, 2.24) is 5.32 Å². The molecule has 0 saturated carbocycles. The molecule has 104 valence electrons. The van der Waals surface area contributed by atoms with Crippen LogP contribution in [0.25, 0.3) is 11.0 Å². The number of aryl methyl sites for hydroxylation is 2. The molecule has 0 amide bonds. The van der Waals surface area contributed by atoms with Crippen LogP contribution in [0, 0.1) is 13.8 Å². The molecule has 2 aromatic heterocycles.